The Kier molecular flexibility index (Phi) is 3.78. The van der Waals surface area contributed by atoms with Gasteiger partial charge in [0.25, 0.3) is 0 Å². The Hall–Kier alpha value is -2.82. The average Bonchev–Trinajstić information content (AvgIpc) is 2.45. The van der Waals surface area contributed by atoms with Crippen LogP contribution in [0.5, 0.6) is 0 Å². The summed E-state index contributed by atoms with van der Waals surface area (Å²) < 4.78 is 0. The molecule has 0 atom stereocenters. The fourth-order valence-electron chi connectivity index (χ4n) is 1.46. The van der Waals surface area contributed by atoms with Crippen LogP contribution in [0.25, 0.3) is 0 Å². The molecule has 0 saturated heterocycles. The van der Waals surface area contributed by atoms with Gasteiger partial charge >= 0.3 is 5.97 Å². The first kappa shape index (κ1) is 12.6. The summed E-state index contributed by atoms with van der Waals surface area (Å²) in [5, 5.41) is 16.7. The van der Waals surface area contributed by atoms with Crippen LogP contribution in [0.3, 0.4) is 0 Å². The summed E-state index contributed by atoms with van der Waals surface area (Å²) in [5.41, 5.74) is 1.63. The zero-order valence-electron chi connectivity index (χ0n) is 9.85. The molecule has 0 aliphatic rings. The largest absolute Gasteiger partial charge is 0.478 e. The molecule has 0 aromatic heterocycles. The molecule has 0 unspecified atom stereocenters. The van der Waals surface area contributed by atoms with Crippen LogP contribution < -0.4 is 0 Å². The Balaban J connectivity index is 2.22. The maximum absolute atomic E-state index is 10.8. The Morgan fingerprint density at radius 2 is 1.68 bits per heavy atom. The lowest BCUT2D eigenvalue weighted by Gasteiger charge is -1.97. The van der Waals surface area contributed by atoms with Crippen LogP contribution >= 0.6 is 0 Å². The van der Waals surface area contributed by atoms with Crippen LogP contribution in [0, 0.1) is 0 Å². The molecule has 5 nitrogen and oxygen atoms in total. The smallest absolute Gasteiger partial charge is 0.335 e. The summed E-state index contributed by atoms with van der Waals surface area (Å²) in [6.07, 6.45) is 0.710. The van der Waals surface area contributed by atoms with Gasteiger partial charge in [0.1, 0.15) is 0 Å². The number of hydrogen-bond donors (Lipinski definition) is 1. The second-order valence-electron chi connectivity index (χ2n) is 3.73. The van der Waals surface area contributed by atoms with E-state index >= 15 is 0 Å². The standard InChI is InChI=1S/C14H10N2O3/c17-9-11-3-1-2-4-13(11)16-15-12-7-5-10(6-8-12)14(18)19/h1-9H,(H,18,19)/b16-15+. The Labute approximate surface area is 109 Å². The van der Waals surface area contributed by atoms with Gasteiger partial charge in [0.2, 0.25) is 0 Å². The molecule has 0 amide bonds. The zero-order chi connectivity index (χ0) is 13.7. The molecule has 2 aromatic rings. The molecule has 0 saturated carbocycles. The van der Waals surface area contributed by atoms with Crippen LogP contribution in [0.1, 0.15) is 20.7 Å². The van der Waals surface area contributed by atoms with Crippen molar-refractivity contribution < 1.29 is 14.7 Å². The summed E-state index contributed by atoms with van der Waals surface area (Å²) >= 11 is 0. The van der Waals surface area contributed by atoms with E-state index in [4.69, 9.17) is 5.11 Å². The number of benzene rings is 2. The molecule has 2 rings (SSSR count). The van der Waals surface area contributed by atoms with Gasteiger partial charge in [-0.25, -0.2) is 4.79 Å². The number of carbonyl (C=O) groups excluding carboxylic acids is 1. The predicted molar refractivity (Wildman–Crippen MR) is 69.4 cm³/mol. The SMILES string of the molecule is O=Cc1ccccc1/N=N/c1ccc(C(=O)O)cc1. The van der Waals surface area contributed by atoms with Crippen molar-refractivity contribution in [1.82, 2.24) is 0 Å². The van der Waals surface area contributed by atoms with Gasteiger partial charge in [0.15, 0.2) is 6.29 Å². The minimum Gasteiger partial charge on any atom is -0.478 e. The van der Waals surface area contributed by atoms with Crippen molar-refractivity contribution in [1.29, 1.82) is 0 Å². The van der Waals surface area contributed by atoms with E-state index in [2.05, 4.69) is 10.2 Å². The highest BCUT2D eigenvalue weighted by Gasteiger charge is 2.01. The van der Waals surface area contributed by atoms with E-state index in [1.807, 2.05) is 0 Å². The lowest BCUT2D eigenvalue weighted by atomic mass is 10.2. The number of rotatable bonds is 4. The Morgan fingerprint density at radius 3 is 2.32 bits per heavy atom. The summed E-state index contributed by atoms with van der Waals surface area (Å²) in [6.45, 7) is 0. The first-order valence-corrected chi connectivity index (χ1v) is 5.50. The molecule has 1 N–H and O–H groups in total. The molecule has 0 aliphatic carbocycles. The van der Waals surface area contributed by atoms with E-state index in [0.29, 0.717) is 23.2 Å². The van der Waals surface area contributed by atoms with Crippen LogP contribution in [0.15, 0.2) is 58.8 Å². The van der Waals surface area contributed by atoms with Gasteiger partial charge in [0.05, 0.1) is 16.9 Å². The quantitative estimate of drug-likeness (QED) is 0.668. The van der Waals surface area contributed by atoms with Crippen molar-refractivity contribution in [3.8, 4) is 0 Å². The third-order valence-electron chi connectivity index (χ3n) is 2.45. The molecule has 0 fully saturated rings. The molecule has 19 heavy (non-hydrogen) atoms. The van der Waals surface area contributed by atoms with E-state index in [1.54, 1.807) is 36.4 Å². The molecule has 2 aromatic carbocycles. The monoisotopic (exact) mass is 254 g/mol. The van der Waals surface area contributed by atoms with Crippen LogP contribution in [-0.2, 0) is 0 Å². The molecule has 0 aliphatic heterocycles. The average molecular weight is 254 g/mol. The number of carboxylic acids is 1. The molecule has 0 radical (unpaired) electrons. The van der Waals surface area contributed by atoms with E-state index in [9.17, 15) is 9.59 Å². The molecule has 0 bridgehead atoms. The molecular formula is C14H10N2O3. The lowest BCUT2D eigenvalue weighted by molar-refractivity contribution is 0.0696. The molecule has 0 spiro atoms. The van der Waals surface area contributed by atoms with Gasteiger partial charge < -0.3 is 5.11 Å². The van der Waals surface area contributed by atoms with Gasteiger partial charge in [-0.2, -0.15) is 5.11 Å². The van der Waals surface area contributed by atoms with E-state index < -0.39 is 5.97 Å². The topological polar surface area (TPSA) is 79.1 Å². The maximum atomic E-state index is 10.8. The highest BCUT2D eigenvalue weighted by atomic mass is 16.4. The second-order valence-corrected chi connectivity index (χ2v) is 3.73. The first-order chi connectivity index (χ1) is 9.20. The minimum atomic E-state index is -0.991. The van der Waals surface area contributed by atoms with Gasteiger partial charge in [-0.1, -0.05) is 12.1 Å². The summed E-state index contributed by atoms with van der Waals surface area (Å²) in [7, 11) is 0. The van der Waals surface area contributed by atoms with Crippen molar-refractivity contribution in [2.24, 2.45) is 10.2 Å². The van der Waals surface area contributed by atoms with E-state index in [1.165, 1.54) is 12.1 Å². The summed E-state index contributed by atoms with van der Waals surface area (Å²) in [5.74, 6) is -0.991. The van der Waals surface area contributed by atoms with Crippen molar-refractivity contribution >= 4 is 23.6 Å². The van der Waals surface area contributed by atoms with Crippen molar-refractivity contribution in [3.05, 3.63) is 59.7 Å². The van der Waals surface area contributed by atoms with Gasteiger partial charge in [0, 0.05) is 5.56 Å². The predicted octanol–water partition coefficient (Wildman–Crippen LogP) is 3.61. The normalized spacial score (nSPS) is 10.5. The highest BCUT2D eigenvalue weighted by Crippen LogP contribution is 2.21. The maximum Gasteiger partial charge on any atom is 0.335 e. The number of aldehydes is 1. The number of hydrogen-bond acceptors (Lipinski definition) is 4. The van der Waals surface area contributed by atoms with Crippen molar-refractivity contribution in [2.75, 3.05) is 0 Å². The highest BCUT2D eigenvalue weighted by molar-refractivity contribution is 5.87. The fraction of sp³-hybridized carbons (Fsp3) is 0. The Morgan fingerprint density at radius 1 is 1.00 bits per heavy atom. The molecule has 5 heteroatoms. The second kappa shape index (κ2) is 5.68. The van der Waals surface area contributed by atoms with Gasteiger partial charge in [-0.05, 0) is 36.4 Å². The first-order valence-electron chi connectivity index (χ1n) is 5.50. The summed E-state index contributed by atoms with van der Waals surface area (Å²) in [6, 6.07) is 12.8. The minimum absolute atomic E-state index is 0.187. The van der Waals surface area contributed by atoms with Crippen LogP contribution in [-0.4, -0.2) is 17.4 Å². The number of aromatic carboxylic acids is 1. The zero-order valence-corrected chi connectivity index (χ0v) is 9.85. The van der Waals surface area contributed by atoms with Crippen LogP contribution in [0.4, 0.5) is 11.4 Å². The fourth-order valence-corrected chi connectivity index (χ4v) is 1.46. The number of azo groups is 1. The third kappa shape index (κ3) is 3.10. The summed E-state index contributed by atoms with van der Waals surface area (Å²) in [4.78, 5) is 21.5. The van der Waals surface area contributed by atoms with Crippen molar-refractivity contribution in [3.63, 3.8) is 0 Å². The van der Waals surface area contributed by atoms with Gasteiger partial charge in [-0.3, -0.25) is 4.79 Å². The molecule has 94 valence electrons. The number of carboxylic acid groups (broad SMARTS) is 1. The van der Waals surface area contributed by atoms with Crippen molar-refractivity contribution in [2.45, 2.75) is 0 Å². The van der Waals surface area contributed by atoms with Gasteiger partial charge in [-0.15, -0.1) is 5.11 Å². The number of nitrogens with zero attached hydrogens (tertiary/aromatic N) is 2. The van der Waals surface area contributed by atoms with E-state index in [-0.39, 0.29) is 5.56 Å². The molecular weight excluding hydrogens is 244 g/mol. The Bertz CT molecular complexity index is 633. The van der Waals surface area contributed by atoms with E-state index in [0.717, 1.165) is 0 Å². The third-order valence-corrected chi connectivity index (χ3v) is 2.45. The molecule has 0 heterocycles. The number of carbonyl (C=O) groups is 2. The van der Waals surface area contributed by atoms with Crippen LogP contribution in [0.2, 0.25) is 0 Å². The lowest BCUT2D eigenvalue weighted by Crippen LogP contribution is -1.93.